The molecule has 0 radical (unpaired) electrons. The van der Waals surface area contributed by atoms with Crippen LogP contribution in [0.25, 0.3) is 0 Å². The lowest BCUT2D eigenvalue weighted by atomic mass is 10.1. The van der Waals surface area contributed by atoms with Gasteiger partial charge in [-0.1, -0.05) is 24.3 Å². The van der Waals surface area contributed by atoms with Crippen molar-refractivity contribution >= 4 is 17.5 Å². The van der Waals surface area contributed by atoms with Crippen molar-refractivity contribution < 1.29 is 14.3 Å². The van der Waals surface area contributed by atoms with E-state index in [2.05, 4.69) is 15.6 Å². The Morgan fingerprint density at radius 1 is 1.14 bits per heavy atom. The van der Waals surface area contributed by atoms with Crippen LogP contribution >= 0.6 is 0 Å². The minimum atomic E-state index is -0.186. The number of anilines is 1. The van der Waals surface area contributed by atoms with Crippen LogP contribution < -0.4 is 15.4 Å². The fourth-order valence-electron chi connectivity index (χ4n) is 2.93. The van der Waals surface area contributed by atoms with Crippen LogP contribution in [0.1, 0.15) is 22.3 Å². The van der Waals surface area contributed by atoms with Crippen molar-refractivity contribution in [3.63, 3.8) is 0 Å². The standard InChI is InChI=1S/C22H24N4O3/c1-29-20-8-3-2-5-17(20)9-11-24-22(28)18-6-4-7-19(15-18)25-21(27)10-13-26-14-12-23-16-26/h2-8,12,14-16H,9-11,13H2,1H3,(H,24,28)(H,25,27). The highest BCUT2D eigenvalue weighted by Gasteiger charge is 2.09. The quantitative estimate of drug-likeness (QED) is 0.586. The third-order valence-corrected chi connectivity index (χ3v) is 4.44. The SMILES string of the molecule is COc1ccccc1CCNC(=O)c1cccc(NC(=O)CCn2ccnc2)c1. The van der Waals surface area contributed by atoms with E-state index in [1.807, 2.05) is 35.0 Å². The molecule has 0 bridgehead atoms. The maximum Gasteiger partial charge on any atom is 0.251 e. The molecule has 0 fully saturated rings. The number of ether oxygens (including phenoxy) is 1. The number of nitrogens with one attached hydrogen (secondary N) is 2. The van der Waals surface area contributed by atoms with Gasteiger partial charge in [-0.05, 0) is 36.2 Å². The van der Waals surface area contributed by atoms with Crippen molar-refractivity contribution in [2.24, 2.45) is 0 Å². The Kier molecular flexibility index (Phi) is 7.00. The van der Waals surface area contributed by atoms with Crippen LogP contribution in [0.2, 0.25) is 0 Å². The first kappa shape index (κ1) is 20.1. The van der Waals surface area contributed by atoms with Crippen molar-refractivity contribution in [3.8, 4) is 5.75 Å². The topological polar surface area (TPSA) is 85.3 Å². The third kappa shape index (κ3) is 5.93. The van der Waals surface area contributed by atoms with Crippen molar-refractivity contribution in [2.75, 3.05) is 19.0 Å². The van der Waals surface area contributed by atoms with Crippen LogP contribution in [-0.2, 0) is 17.8 Å². The smallest absolute Gasteiger partial charge is 0.251 e. The van der Waals surface area contributed by atoms with Crippen LogP contribution in [-0.4, -0.2) is 35.0 Å². The Bertz CT molecular complexity index is 954. The molecule has 0 saturated heterocycles. The zero-order valence-electron chi connectivity index (χ0n) is 16.3. The first-order chi connectivity index (χ1) is 14.2. The number of methoxy groups -OCH3 is 1. The van der Waals surface area contributed by atoms with Crippen molar-refractivity contribution in [2.45, 2.75) is 19.4 Å². The fraction of sp³-hybridized carbons (Fsp3) is 0.227. The molecular weight excluding hydrogens is 368 g/mol. The fourth-order valence-corrected chi connectivity index (χ4v) is 2.93. The minimum Gasteiger partial charge on any atom is -0.496 e. The number of para-hydroxylation sites is 1. The molecule has 3 rings (SSSR count). The first-order valence-electron chi connectivity index (χ1n) is 9.41. The van der Waals surface area contributed by atoms with E-state index in [1.54, 1.807) is 43.9 Å². The van der Waals surface area contributed by atoms with E-state index in [-0.39, 0.29) is 11.8 Å². The van der Waals surface area contributed by atoms with Crippen LogP contribution in [0.15, 0.2) is 67.3 Å². The lowest BCUT2D eigenvalue weighted by molar-refractivity contribution is -0.116. The summed E-state index contributed by atoms with van der Waals surface area (Å²) in [5, 5.41) is 5.73. The van der Waals surface area contributed by atoms with Crippen molar-refractivity contribution in [1.29, 1.82) is 0 Å². The van der Waals surface area contributed by atoms with Gasteiger partial charge in [0.1, 0.15) is 5.75 Å². The second kappa shape index (κ2) is 10.1. The molecule has 0 aliphatic rings. The number of imidazole rings is 1. The van der Waals surface area contributed by atoms with Gasteiger partial charge in [0.25, 0.3) is 5.91 Å². The van der Waals surface area contributed by atoms with Crippen LogP contribution in [0.4, 0.5) is 5.69 Å². The number of rotatable bonds is 9. The number of hydrogen-bond acceptors (Lipinski definition) is 4. The molecule has 0 spiro atoms. The number of carbonyl (C=O) groups excluding carboxylic acids is 2. The zero-order valence-corrected chi connectivity index (χ0v) is 16.3. The van der Waals surface area contributed by atoms with Crippen LogP contribution in [0.3, 0.4) is 0 Å². The van der Waals surface area contributed by atoms with Crippen molar-refractivity contribution in [3.05, 3.63) is 78.4 Å². The molecule has 0 saturated carbocycles. The number of nitrogens with zero attached hydrogens (tertiary/aromatic N) is 2. The third-order valence-electron chi connectivity index (χ3n) is 4.44. The molecule has 7 heteroatoms. The highest BCUT2D eigenvalue weighted by Crippen LogP contribution is 2.17. The molecule has 150 valence electrons. The van der Waals surface area contributed by atoms with Crippen LogP contribution in [0.5, 0.6) is 5.75 Å². The van der Waals surface area contributed by atoms with E-state index in [0.717, 1.165) is 11.3 Å². The summed E-state index contributed by atoms with van der Waals surface area (Å²) < 4.78 is 7.16. The van der Waals surface area contributed by atoms with Gasteiger partial charge >= 0.3 is 0 Å². The van der Waals surface area contributed by atoms with Crippen LogP contribution in [0, 0.1) is 0 Å². The summed E-state index contributed by atoms with van der Waals surface area (Å²) in [5.41, 5.74) is 2.13. The van der Waals surface area contributed by atoms with Gasteiger partial charge in [0.15, 0.2) is 0 Å². The second-order valence-electron chi connectivity index (χ2n) is 6.50. The van der Waals surface area contributed by atoms with Gasteiger partial charge in [0.2, 0.25) is 5.91 Å². The minimum absolute atomic E-state index is 0.118. The predicted octanol–water partition coefficient (Wildman–Crippen LogP) is 2.89. The first-order valence-corrected chi connectivity index (χ1v) is 9.41. The Hall–Kier alpha value is -3.61. The summed E-state index contributed by atoms with van der Waals surface area (Å²) in [7, 11) is 1.63. The van der Waals surface area contributed by atoms with E-state index in [1.165, 1.54) is 0 Å². The molecule has 0 aliphatic heterocycles. The number of aromatic nitrogens is 2. The van der Waals surface area contributed by atoms with E-state index in [9.17, 15) is 9.59 Å². The Morgan fingerprint density at radius 3 is 2.79 bits per heavy atom. The van der Waals surface area contributed by atoms with Gasteiger partial charge in [-0.25, -0.2) is 4.98 Å². The number of amides is 2. The molecule has 2 N–H and O–H groups in total. The summed E-state index contributed by atoms with van der Waals surface area (Å²) in [6.07, 6.45) is 6.15. The summed E-state index contributed by atoms with van der Waals surface area (Å²) in [5.74, 6) is 0.504. The maximum atomic E-state index is 12.4. The molecule has 0 unspecified atom stereocenters. The average molecular weight is 392 g/mol. The molecule has 2 amide bonds. The molecule has 1 heterocycles. The van der Waals surface area contributed by atoms with E-state index in [0.29, 0.717) is 37.2 Å². The maximum absolute atomic E-state index is 12.4. The molecule has 1 aromatic heterocycles. The molecule has 7 nitrogen and oxygen atoms in total. The van der Waals surface area contributed by atoms with E-state index < -0.39 is 0 Å². The molecule has 0 aliphatic carbocycles. The molecule has 0 atom stereocenters. The molecule has 29 heavy (non-hydrogen) atoms. The summed E-state index contributed by atoms with van der Waals surface area (Å²) in [6, 6.07) is 14.6. The Labute approximate surface area is 169 Å². The molecule has 2 aromatic carbocycles. The van der Waals surface area contributed by atoms with Gasteiger partial charge in [0, 0.05) is 43.2 Å². The average Bonchev–Trinajstić information content (AvgIpc) is 3.26. The highest BCUT2D eigenvalue weighted by molar-refractivity contribution is 5.97. The second-order valence-corrected chi connectivity index (χ2v) is 6.50. The van der Waals surface area contributed by atoms with Gasteiger partial charge in [-0.3, -0.25) is 9.59 Å². The summed E-state index contributed by atoms with van der Waals surface area (Å²) in [6.45, 7) is 1.04. The normalized spacial score (nSPS) is 10.4. The molecular formula is C22H24N4O3. The van der Waals surface area contributed by atoms with Gasteiger partial charge in [0.05, 0.1) is 13.4 Å². The Balaban J connectivity index is 1.50. The van der Waals surface area contributed by atoms with Gasteiger partial charge in [-0.15, -0.1) is 0 Å². The predicted molar refractivity (Wildman–Crippen MR) is 111 cm³/mol. The number of benzene rings is 2. The largest absolute Gasteiger partial charge is 0.496 e. The lowest BCUT2D eigenvalue weighted by Crippen LogP contribution is -2.26. The number of hydrogen-bond donors (Lipinski definition) is 2. The lowest BCUT2D eigenvalue weighted by Gasteiger charge is -2.10. The monoisotopic (exact) mass is 392 g/mol. The number of aryl methyl sites for hydroxylation is 1. The zero-order chi connectivity index (χ0) is 20.5. The highest BCUT2D eigenvalue weighted by atomic mass is 16.5. The van der Waals surface area contributed by atoms with Gasteiger partial charge in [-0.2, -0.15) is 0 Å². The molecule has 3 aromatic rings. The summed E-state index contributed by atoms with van der Waals surface area (Å²) in [4.78, 5) is 28.5. The van der Waals surface area contributed by atoms with Gasteiger partial charge < -0.3 is 19.9 Å². The summed E-state index contributed by atoms with van der Waals surface area (Å²) >= 11 is 0. The van der Waals surface area contributed by atoms with Crippen molar-refractivity contribution in [1.82, 2.24) is 14.9 Å². The Morgan fingerprint density at radius 2 is 2.00 bits per heavy atom. The van der Waals surface area contributed by atoms with E-state index in [4.69, 9.17) is 4.74 Å². The number of carbonyl (C=O) groups is 2. The van der Waals surface area contributed by atoms with E-state index >= 15 is 0 Å².